The van der Waals surface area contributed by atoms with E-state index in [9.17, 15) is 9.59 Å². The number of hydrogen-bond acceptors (Lipinski definition) is 2. The third-order valence-electron chi connectivity index (χ3n) is 2.85. The maximum absolute atomic E-state index is 11.3. The van der Waals surface area contributed by atoms with Crippen LogP contribution in [0.2, 0.25) is 0 Å². The first kappa shape index (κ1) is 13.6. The third-order valence-corrected chi connectivity index (χ3v) is 3.36. The summed E-state index contributed by atoms with van der Waals surface area (Å²) in [5.74, 6) is -1.38. The van der Waals surface area contributed by atoms with Gasteiger partial charge in [0.05, 0.1) is 5.33 Å². The Hall–Kier alpha value is -1.82. The topological polar surface area (TPSA) is 82.2 Å². The van der Waals surface area contributed by atoms with Crippen molar-refractivity contribution in [2.45, 2.75) is 12.5 Å². The van der Waals surface area contributed by atoms with Gasteiger partial charge in [-0.2, -0.15) is 0 Å². The molecule has 2 aromatic rings. The number of benzene rings is 1. The highest BCUT2D eigenvalue weighted by molar-refractivity contribution is 9.09. The number of aliphatic carboxylic acids is 1. The highest BCUT2D eigenvalue weighted by Gasteiger charge is 2.21. The van der Waals surface area contributed by atoms with Gasteiger partial charge in [-0.1, -0.05) is 34.1 Å². The van der Waals surface area contributed by atoms with Crippen molar-refractivity contribution in [2.75, 3.05) is 5.33 Å². The monoisotopic (exact) mass is 324 g/mol. The van der Waals surface area contributed by atoms with Gasteiger partial charge in [0.25, 0.3) is 0 Å². The molecule has 0 fully saturated rings. The fraction of sp³-hybridized carbons (Fsp3) is 0.231. The number of para-hydroxylation sites is 1. The molecule has 0 unspecified atom stereocenters. The van der Waals surface area contributed by atoms with Crippen LogP contribution in [-0.2, 0) is 16.0 Å². The van der Waals surface area contributed by atoms with E-state index in [1.807, 2.05) is 24.3 Å². The smallest absolute Gasteiger partial charge is 0.326 e. The molecular formula is C13H13BrN2O3. The molecule has 1 heterocycles. The summed E-state index contributed by atoms with van der Waals surface area (Å²) >= 11 is 3.00. The lowest BCUT2D eigenvalue weighted by Gasteiger charge is -2.13. The molecule has 1 aromatic heterocycles. The average molecular weight is 325 g/mol. The number of carbonyl (C=O) groups excluding carboxylic acids is 1. The summed E-state index contributed by atoms with van der Waals surface area (Å²) in [5.41, 5.74) is 1.83. The molecule has 0 spiro atoms. The van der Waals surface area contributed by atoms with Crippen molar-refractivity contribution in [1.29, 1.82) is 0 Å². The van der Waals surface area contributed by atoms with E-state index in [0.717, 1.165) is 16.5 Å². The molecule has 2 rings (SSSR count). The van der Waals surface area contributed by atoms with E-state index in [4.69, 9.17) is 5.11 Å². The van der Waals surface area contributed by atoms with Crippen LogP contribution in [0.25, 0.3) is 10.9 Å². The van der Waals surface area contributed by atoms with Crippen LogP contribution >= 0.6 is 15.9 Å². The van der Waals surface area contributed by atoms with Gasteiger partial charge >= 0.3 is 5.97 Å². The quantitative estimate of drug-likeness (QED) is 0.732. The second-order valence-corrected chi connectivity index (χ2v) is 4.72. The fourth-order valence-corrected chi connectivity index (χ4v) is 2.12. The van der Waals surface area contributed by atoms with Crippen LogP contribution in [-0.4, -0.2) is 33.3 Å². The van der Waals surface area contributed by atoms with Gasteiger partial charge in [0, 0.05) is 23.5 Å². The molecule has 0 radical (unpaired) electrons. The lowest BCUT2D eigenvalue weighted by molar-refractivity contribution is -0.141. The van der Waals surface area contributed by atoms with E-state index in [1.165, 1.54) is 0 Å². The molecule has 1 amide bonds. The van der Waals surface area contributed by atoms with E-state index in [0.29, 0.717) is 0 Å². The summed E-state index contributed by atoms with van der Waals surface area (Å²) in [5, 5.41) is 12.7. The van der Waals surface area contributed by atoms with Crippen molar-refractivity contribution in [2.24, 2.45) is 0 Å². The number of fused-ring (bicyclic) bond motifs is 1. The minimum Gasteiger partial charge on any atom is -0.480 e. The zero-order valence-corrected chi connectivity index (χ0v) is 11.6. The van der Waals surface area contributed by atoms with Gasteiger partial charge in [-0.05, 0) is 11.6 Å². The Labute approximate surface area is 118 Å². The van der Waals surface area contributed by atoms with Crippen LogP contribution in [0, 0.1) is 0 Å². The van der Waals surface area contributed by atoms with Crippen LogP contribution in [0.15, 0.2) is 30.5 Å². The Morgan fingerprint density at radius 3 is 2.79 bits per heavy atom. The number of aromatic amines is 1. The molecule has 6 heteroatoms. The third kappa shape index (κ3) is 3.14. The number of carboxylic acid groups (broad SMARTS) is 1. The molecule has 0 aliphatic heterocycles. The molecule has 5 nitrogen and oxygen atoms in total. The van der Waals surface area contributed by atoms with Crippen LogP contribution in [0.1, 0.15) is 5.56 Å². The zero-order valence-electron chi connectivity index (χ0n) is 10.0. The average Bonchev–Trinajstić information content (AvgIpc) is 2.81. The number of alkyl halides is 1. The summed E-state index contributed by atoms with van der Waals surface area (Å²) in [7, 11) is 0. The fourth-order valence-electron chi connectivity index (χ4n) is 1.95. The Kier molecular flexibility index (Phi) is 4.21. The van der Waals surface area contributed by atoms with E-state index in [1.54, 1.807) is 6.20 Å². The van der Waals surface area contributed by atoms with Crippen molar-refractivity contribution in [3.05, 3.63) is 36.0 Å². The van der Waals surface area contributed by atoms with Gasteiger partial charge in [0.2, 0.25) is 5.91 Å². The standard InChI is InChI=1S/C13H13BrN2O3/c14-6-12(17)16-11(13(18)19)5-8-7-15-10-4-2-1-3-9(8)10/h1-4,7,11,15H,5-6H2,(H,16,17)(H,18,19)/t11-/m1/s1. The first-order chi connectivity index (χ1) is 9.11. The molecule has 0 saturated heterocycles. The van der Waals surface area contributed by atoms with E-state index < -0.39 is 12.0 Å². The predicted octanol–water partition coefficient (Wildman–Crippen LogP) is 1.67. The van der Waals surface area contributed by atoms with Crippen LogP contribution in [0.4, 0.5) is 0 Å². The number of hydrogen-bond donors (Lipinski definition) is 3. The molecule has 0 aliphatic rings. The second-order valence-electron chi connectivity index (χ2n) is 4.16. The maximum atomic E-state index is 11.3. The molecule has 19 heavy (non-hydrogen) atoms. The number of aromatic nitrogens is 1. The molecule has 0 bridgehead atoms. The van der Waals surface area contributed by atoms with E-state index in [-0.39, 0.29) is 17.7 Å². The van der Waals surface area contributed by atoms with Crippen molar-refractivity contribution < 1.29 is 14.7 Å². The van der Waals surface area contributed by atoms with Crippen molar-refractivity contribution in [3.8, 4) is 0 Å². The van der Waals surface area contributed by atoms with Crippen LogP contribution < -0.4 is 5.32 Å². The summed E-state index contributed by atoms with van der Waals surface area (Å²) in [6, 6.07) is 6.72. The number of carboxylic acids is 1. The Balaban J connectivity index is 2.21. The molecule has 3 N–H and O–H groups in total. The lowest BCUT2D eigenvalue weighted by atomic mass is 10.1. The highest BCUT2D eigenvalue weighted by atomic mass is 79.9. The van der Waals surface area contributed by atoms with Gasteiger partial charge in [-0.3, -0.25) is 4.79 Å². The van der Waals surface area contributed by atoms with Gasteiger partial charge in [-0.25, -0.2) is 4.79 Å². The molecule has 1 atom stereocenters. The minimum atomic E-state index is -1.04. The SMILES string of the molecule is O=C(CBr)N[C@H](Cc1c[nH]c2ccccc12)C(=O)O. The van der Waals surface area contributed by atoms with Gasteiger partial charge in [0.15, 0.2) is 0 Å². The second kappa shape index (κ2) is 5.88. The first-order valence-electron chi connectivity index (χ1n) is 5.75. The summed E-state index contributed by atoms with van der Waals surface area (Å²) in [6.07, 6.45) is 2.03. The lowest BCUT2D eigenvalue weighted by Crippen LogP contribution is -2.42. The minimum absolute atomic E-state index is 0.0880. The van der Waals surface area contributed by atoms with Gasteiger partial charge in [-0.15, -0.1) is 0 Å². The number of carbonyl (C=O) groups is 2. The Morgan fingerprint density at radius 2 is 2.11 bits per heavy atom. The van der Waals surface area contributed by atoms with E-state index in [2.05, 4.69) is 26.2 Å². The zero-order chi connectivity index (χ0) is 13.8. The first-order valence-corrected chi connectivity index (χ1v) is 6.87. The van der Waals surface area contributed by atoms with Crippen LogP contribution in [0.3, 0.4) is 0 Å². The number of amides is 1. The molecule has 0 aliphatic carbocycles. The predicted molar refractivity (Wildman–Crippen MR) is 75.4 cm³/mol. The van der Waals surface area contributed by atoms with E-state index >= 15 is 0 Å². The largest absolute Gasteiger partial charge is 0.480 e. The highest BCUT2D eigenvalue weighted by Crippen LogP contribution is 2.19. The van der Waals surface area contributed by atoms with Gasteiger partial charge in [0.1, 0.15) is 6.04 Å². The summed E-state index contributed by atoms with van der Waals surface area (Å²) in [6.45, 7) is 0. The van der Waals surface area contributed by atoms with Crippen LogP contribution in [0.5, 0.6) is 0 Å². The summed E-state index contributed by atoms with van der Waals surface area (Å²) < 4.78 is 0. The summed E-state index contributed by atoms with van der Waals surface area (Å²) in [4.78, 5) is 25.5. The number of H-pyrrole nitrogens is 1. The number of nitrogens with one attached hydrogen (secondary N) is 2. The molecule has 0 saturated carbocycles. The normalized spacial score (nSPS) is 12.3. The Morgan fingerprint density at radius 1 is 1.37 bits per heavy atom. The van der Waals surface area contributed by atoms with Crippen molar-refractivity contribution in [3.63, 3.8) is 0 Å². The molecular weight excluding hydrogens is 312 g/mol. The van der Waals surface area contributed by atoms with Gasteiger partial charge < -0.3 is 15.4 Å². The van der Waals surface area contributed by atoms with Crippen molar-refractivity contribution in [1.82, 2.24) is 10.3 Å². The Bertz CT molecular complexity index is 609. The molecule has 100 valence electrons. The number of rotatable bonds is 5. The van der Waals surface area contributed by atoms with Crippen molar-refractivity contribution >= 4 is 38.7 Å². The molecule has 1 aromatic carbocycles. The number of halogens is 1. The maximum Gasteiger partial charge on any atom is 0.326 e.